The molecular formula is C7H12FNO. The van der Waals surface area contributed by atoms with Gasteiger partial charge in [-0.2, -0.15) is 0 Å². The molecule has 0 heterocycles. The first-order chi connectivity index (χ1) is 4.61. The lowest BCUT2D eigenvalue weighted by molar-refractivity contribution is -0.123. The number of amides is 1. The highest BCUT2D eigenvalue weighted by Gasteiger charge is 2.43. The van der Waals surface area contributed by atoms with Gasteiger partial charge in [-0.25, -0.2) is 4.39 Å². The van der Waals surface area contributed by atoms with Crippen molar-refractivity contribution in [1.29, 1.82) is 0 Å². The lowest BCUT2D eigenvalue weighted by atomic mass is 10.3. The van der Waals surface area contributed by atoms with Gasteiger partial charge in [-0.1, -0.05) is 0 Å². The van der Waals surface area contributed by atoms with Crippen molar-refractivity contribution in [1.82, 2.24) is 5.32 Å². The number of alkyl halides is 1. The molecule has 2 nitrogen and oxygen atoms in total. The topological polar surface area (TPSA) is 29.1 Å². The molecule has 0 saturated heterocycles. The van der Waals surface area contributed by atoms with Crippen LogP contribution in [0.1, 0.15) is 20.3 Å². The number of halogens is 1. The normalized spacial score (nSPS) is 30.4. The van der Waals surface area contributed by atoms with Crippen molar-refractivity contribution in [2.45, 2.75) is 32.5 Å². The molecule has 1 amide bonds. The summed E-state index contributed by atoms with van der Waals surface area (Å²) >= 11 is 0. The molecule has 1 saturated carbocycles. The zero-order valence-electron chi connectivity index (χ0n) is 6.23. The Hall–Kier alpha value is -0.600. The molecule has 2 unspecified atom stereocenters. The van der Waals surface area contributed by atoms with Crippen molar-refractivity contribution in [2.75, 3.05) is 0 Å². The van der Waals surface area contributed by atoms with Gasteiger partial charge < -0.3 is 5.32 Å². The number of hydrogen-bond acceptors (Lipinski definition) is 1. The highest BCUT2D eigenvalue weighted by Crippen LogP contribution is 2.33. The maximum atomic E-state index is 12.2. The third-order valence-corrected chi connectivity index (χ3v) is 1.48. The first kappa shape index (κ1) is 7.51. The molecule has 0 bridgehead atoms. The minimum atomic E-state index is -0.876. The Bertz CT molecular complexity index is 147. The number of carbonyl (C=O) groups excluding carboxylic acids is 1. The molecule has 10 heavy (non-hydrogen) atoms. The Morgan fingerprint density at radius 3 is 2.50 bits per heavy atom. The summed E-state index contributed by atoms with van der Waals surface area (Å²) in [7, 11) is 0. The van der Waals surface area contributed by atoms with E-state index in [0.29, 0.717) is 6.42 Å². The predicted octanol–water partition coefficient (Wildman–Crippen LogP) is 0.869. The maximum absolute atomic E-state index is 12.2. The van der Waals surface area contributed by atoms with E-state index in [9.17, 15) is 9.18 Å². The smallest absolute Gasteiger partial charge is 0.226 e. The van der Waals surface area contributed by atoms with Gasteiger partial charge in [0.15, 0.2) is 0 Å². The Morgan fingerprint density at radius 1 is 1.70 bits per heavy atom. The lowest BCUT2D eigenvalue weighted by Gasteiger charge is -2.05. The molecule has 1 aliphatic carbocycles. The molecule has 1 aliphatic rings. The van der Waals surface area contributed by atoms with E-state index in [-0.39, 0.29) is 17.9 Å². The van der Waals surface area contributed by atoms with Crippen molar-refractivity contribution in [3.63, 3.8) is 0 Å². The summed E-state index contributed by atoms with van der Waals surface area (Å²) < 4.78 is 12.2. The second-order valence-corrected chi connectivity index (χ2v) is 3.02. The van der Waals surface area contributed by atoms with Crippen LogP contribution in [-0.4, -0.2) is 18.1 Å². The van der Waals surface area contributed by atoms with Crippen LogP contribution in [0.4, 0.5) is 4.39 Å². The summed E-state index contributed by atoms with van der Waals surface area (Å²) in [4.78, 5) is 10.9. The van der Waals surface area contributed by atoms with E-state index in [1.807, 2.05) is 13.8 Å². The highest BCUT2D eigenvalue weighted by molar-refractivity contribution is 5.82. The van der Waals surface area contributed by atoms with Gasteiger partial charge in [-0.3, -0.25) is 4.79 Å². The van der Waals surface area contributed by atoms with Crippen LogP contribution in [0.25, 0.3) is 0 Å². The Balaban J connectivity index is 2.23. The molecule has 0 radical (unpaired) electrons. The molecule has 2 atom stereocenters. The SMILES string of the molecule is CC(C)NC(=O)C1CC1F. The first-order valence-corrected chi connectivity index (χ1v) is 3.55. The van der Waals surface area contributed by atoms with Gasteiger partial charge in [0.25, 0.3) is 0 Å². The summed E-state index contributed by atoms with van der Waals surface area (Å²) in [5.74, 6) is -0.482. The van der Waals surface area contributed by atoms with Crippen LogP contribution >= 0.6 is 0 Å². The molecule has 0 aliphatic heterocycles. The quantitative estimate of drug-likeness (QED) is 0.613. The Labute approximate surface area is 59.8 Å². The Kier molecular flexibility index (Phi) is 1.92. The van der Waals surface area contributed by atoms with Crippen molar-refractivity contribution < 1.29 is 9.18 Å². The van der Waals surface area contributed by atoms with Gasteiger partial charge in [0.05, 0.1) is 5.92 Å². The van der Waals surface area contributed by atoms with E-state index in [4.69, 9.17) is 0 Å². The fourth-order valence-electron chi connectivity index (χ4n) is 0.827. The predicted molar refractivity (Wildman–Crippen MR) is 36.3 cm³/mol. The van der Waals surface area contributed by atoms with Crippen molar-refractivity contribution >= 4 is 5.91 Å². The molecule has 0 spiro atoms. The van der Waals surface area contributed by atoms with E-state index in [1.165, 1.54) is 0 Å². The largest absolute Gasteiger partial charge is 0.354 e. The summed E-state index contributed by atoms with van der Waals surface area (Å²) in [6.07, 6.45) is -0.461. The molecule has 0 aromatic carbocycles. The van der Waals surface area contributed by atoms with Crippen LogP contribution < -0.4 is 5.32 Å². The summed E-state index contributed by atoms with van der Waals surface area (Å²) in [6.45, 7) is 3.74. The van der Waals surface area contributed by atoms with Crippen LogP contribution in [0.3, 0.4) is 0 Å². The van der Waals surface area contributed by atoms with Crippen LogP contribution in [0.2, 0.25) is 0 Å². The van der Waals surface area contributed by atoms with Gasteiger partial charge in [-0.05, 0) is 20.3 Å². The molecule has 0 aromatic rings. The fourth-order valence-corrected chi connectivity index (χ4v) is 0.827. The van der Waals surface area contributed by atoms with Crippen LogP contribution in [-0.2, 0) is 4.79 Å². The van der Waals surface area contributed by atoms with Crippen molar-refractivity contribution in [3.05, 3.63) is 0 Å². The molecule has 0 aromatic heterocycles. The number of hydrogen-bond donors (Lipinski definition) is 1. The van der Waals surface area contributed by atoms with Gasteiger partial charge in [-0.15, -0.1) is 0 Å². The summed E-state index contributed by atoms with van der Waals surface area (Å²) in [5.41, 5.74) is 0. The van der Waals surface area contributed by atoms with Gasteiger partial charge in [0.1, 0.15) is 6.17 Å². The summed E-state index contributed by atoms with van der Waals surface area (Å²) in [5, 5.41) is 2.66. The van der Waals surface area contributed by atoms with Crippen molar-refractivity contribution in [3.8, 4) is 0 Å². The van der Waals surface area contributed by atoms with E-state index in [0.717, 1.165) is 0 Å². The van der Waals surface area contributed by atoms with E-state index < -0.39 is 6.17 Å². The second-order valence-electron chi connectivity index (χ2n) is 3.02. The third kappa shape index (κ3) is 1.69. The van der Waals surface area contributed by atoms with Gasteiger partial charge in [0, 0.05) is 6.04 Å². The summed E-state index contributed by atoms with van der Waals surface area (Å²) in [6, 6.07) is 0.125. The van der Waals surface area contributed by atoms with E-state index in [1.54, 1.807) is 0 Å². The van der Waals surface area contributed by atoms with Crippen LogP contribution in [0.5, 0.6) is 0 Å². The molecule has 58 valence electrons. The lowest BCUT2D eigenvalue weighted by Crippen LogP contribution is -2.31. The molecule has 3 heteroatoms. The highest BCUT2D eigenvalue weighted by atomic mass is 19.1. The fraction of sp³-hybridized carbons (Fsp3) is 0.857. The minimum Gasteiger partial charge on any atom is -0.354 e. The van der Waals surface area contributed by atoms with E-state index in [2.05, 4.69) is 5.32 Å². The standard InChI is InChI=1S/C7H12FNO/c1-4(2)9-7(10)5-3-6(5)8/h4-6H,3H2,1-2H3,(H,9,10). The Morgan fingerprint density at radius 2 is 2.20 bits per heavy atom. The second kappa shape index (κ2) is 2.56. The third-order valence-electron chi connectivity index (χ3n) is 1.48. The number of carbonyl (C=O) groups is 1. The van der Waals surface area contributed by atoms with Crippen LogP contribution in [0, 0.1) is 5.92 Å². The first-order valence-electron chi connectivity index (χ1n) is 3.55. The van der Waals surface area contributed by atoms with Gasteiger partial charge >= 0.3 is 0 Å². The molecule has 1 fully saturated rings. The van der Waals surface area contributed by atoms with Gasteiger partial charge in [0.2, 0.25) is 5.91 Å². The average Bonchev–Trinajstić information content (AvgIpc) is 2.44. The minimum absolute atomic E-state index is 0.125. The zero-order valence-corrected chi connectivity index (χ0v) is 6.23. The molecular weight excluding hydrogens is 133 g/mol. The van der Waals surface area contributed by atoms with E-state index >= 15 is 0 Å². The zero-order chi connectivity index (χ0) is 7.72. The van der Waals surface area contributed by atoms with Crippen molar-refractivity contribution in [2.24, 2.45) is 5.92 Å². The maximum Gasteiger partial charge on any atom is 0.226 e. The number of rotatable bonds is 2. The van der Waals surface area contributed by atoms with Crippen LogP contribution in [0.15, 0.2) is 0 Å². The number of nitrogens with one attached hydrogen (secondary N) is 1. The molecule has 1 rings (SSSR count). The monoisotopic (exact) mass is 145 g/mol. The average molecular weight is 145 g/mol. The molecule has 1 N–H and O–H groups in total.